The van der Waals surface area contributed by atoms with Crippen molar-refractivity contribution in [3.63, 3.8) is 0 Å². The van der Waals surface area contributed by atoms with Gasteiger partial charge in [-0.25, -0.2) is 0 Å². The van der Waals surface area contributed by atoms with Crippen molar-refractivity contribution >= 4 is 0 Å². The molecule has 6 N–H and O–H groups in total. The normalized spacial score (nSPS) is 63.9. The van der Waals surface area contributed by atoms with Crippen LogP contribution < -0.4 is 0 Å². The van der Waals surface area contributed by atoms with E-state index in [1.54, 1.807) is 27.7 Å². The number of hydrogen-bond donors (Lipinski definition) is 6. The Labute approximate surface area is 154 Å². The lowest BCUT2D eigenvalue weighted by atomic mass is 9.58. The van der Waals surface area contributed by atoms with Crippen molar-refractivity contribution in [2.24, 2.45) is 28.6 Å². The number of rotatable bonds is 0. The molecule has 1 spiro atoms. The smallest absolute Gasteiger partial charge is 0.110 e. The van der Waals surface area contributed by atoms with Crippen LogP contribution in [0.1, 0.15) is 59.8 Å². The third kappa shape index (κ3) is 1.89. The van der Waals surface area contributed by atoms with E-state index in [1.165, 1.54) is 0 Å². The Morgan fingerprint density at radius 1 is 0.808 bits per heavy atom. The van der Waals surface area contributed by atoms with Crippen molar-refractivity contribution in [2.75, 3.05) is 0 Å². The van der Waals surface area contributed by atoms with Gasteiger partial charge in [0.2, 0.25) is 0 Å². The Bertz CT molecular complexity index is 615. The SMILES string of the molecule is CC1(C)[C@@H](O)C[C@H]2[C@](C)(O)[C@@H]3CC[C@@H]4C[C@]3(C[C@@]4(C)O)[C@H](O)[C@H](O)[C@@]21O. The molecule has 4 rings (SSSR count). The monoisotopic (exact) mass is 370 g/mol. The van der Waals surface area contributed by atoms with Gasteiger partial charge in [0, 0.05) is 16.7 Å². The molecule has 0 radical (unpaired) electrons. The molecular weight excluding hydrogens is 336 g/mol. The highest BCUT2D eigenvalue weighted by atomic mass is 16.4. The van der Waals surface area contributed by atoms with Gasteiger partial charge in [-0.1, -0.05) is 13.8 Å². The number of hydrogen-bond acceptors (Lipinski definition) is 6. The predicted octanol–water partition coefficient (Wildman–Crippen LogP) is 0.168. The molecule has 4 aliphatic carbocycles. The molecule has 0 aromatic rings. The largest absolute Gasteiger partial charge is 0.392 e. The van der Waals surface area contributed by atoms with Crippen LogP contribution in [0.4, 0.5) is 0 Å². The van der Waals surface area contributed by atoms with Crippen LogP contribution in [0, 0.1) is 28.6 Å². The lowest BCUT2D eigenvalue weighted by Gasteiger charge is -2.50. The first-order valence-corrected chi connectivity index (χ1v) is 9.94. The van der Waals surface area contributed by atoms with Gasteiger partial charge in [-0.2, -0.15) is 0 Å². The molecule has 0 unspecified atom stereocenters. The maximum atomic E-state index is 11.7. The van der Waals surface area contributed by atoms with Gasteiger partial charge < -0.3 is 30.6 Å². The number of aliphatic hydroxyl groups excluding tert-OH is 3. The van der Waals surface area contributed by atoms with E-state index in [1.807, 2.05) is 0 Å². The van der Waals surface area contributed by atoms with E-state index in [0.717, 1.165) is 6.42 Å². The maximum Gasteiger partial charge on any atom is 0.110 e. The van der Waals surface area contributed by atoms with Gasteiger partial charge in [0.1, 0.15) is 11.7 Å². The Hall–Kier alpha value is -0.240. The van der Waals surface area contributed by atoms with Gasteiger partial charge >= 0.3 is 0 Å². The highest BCUT2D eigenvalue weighted by Gasteiger charge is 2.76. The first kappa shape index (κ1) is 19.1. The standard InChI is InChI=1S/C20H34O6/c1-16(2)13(21)7-12-18(4,25)11-6-5-10-8-19(11,9-17(10,3)24)14(22)15(23)20(12,16)26/h10-15,21-26H,5-9H2,1-4H3/t10-,11+,12+,13+,14-,15+,17-,18-,19-,20+/m1/s1. The van der Waals surface area contributed by atoms with Crippen LogP contribution in [-0.4, -0.2) is 65.8 Å². The number of aliphatic hydroxyl groups is 6. The van der Waals surface area contributed by atoms with Gasteiger partial charge in [-0.15, -0.1) is 0 Å². The molecule has 150 valence electrons. The third-order valence-electron chi connectivity index (χ3n) is 9.30. The summed E-state index contributed by atoms with van der Waals surface area (Å²) >= 11 is 0. The summed E-state index contributed by atoms with van der Waals surface area (Å²) in [5.74, 6) is -1.09. The average Bonchev–Trinajstić information content (AvgIpc) is 2.85. The molecule has 0 aromatic carbocycles. The molecule has 0 amide bonds. The fourth-order valence-electron chi connectivity index (χ4n) is 7.68. The van der Waals surface area contributed by atoms with E-state index in [4.69, 9.17) is 0 Å². The summed E-state index contributed by atoms with van der Waals surface area (Å²) in [7, 11) is 0. The Kier molecular flexibility index (Phi) is 3.69. The van der Waals surface area contributed by atoms with Crippen molar-refractivity contribution in [3.8, 4) is 0 Å². The molecule has 10 atom stereocenters. The van der Waals surface area contributed by atoms with E-state index in [-0.39, 0.29) is 18.3 Å². The Balaban J connectivity index is 1.91. The van der Waals surface area contributed by atoms with Crippen LogP contribution in [-0.2, 0) is 0 Å². The molecule has 2 bridgehead atoms. The maximum absolute atomic E-state index is 11.7. The highest BCUT2D eigenvalue weighted by Crippen LogP contribution is 2.69. The summed E-state index contributed by atoms with van der Waals surface area (Å²) in [5, 5.41) is 67.3. The van der Waals surface area contributed by atoms with Crippen LogP contribution in [0.3, 0.4) is 0 Å². The van der Waals surface area contributed by atoms with E-state index in [9.17, 15) is 30.6 Å². The van der Waals surface area contributed by atoms with Crippen molar-refractivity contribution in [2.45, 2.75) is 94.9 Å². The quantitative estimate of drug-likeness (QED) is 0.361. The molecule has 26 heavy (non-hydrogen) atoms. The number of fused-ring (bicyclic) bond motifs is 2. The van der Waals surface area contributed by atoms with Crippen LogP contribution in [0.5, 0.6) is 0 Å². The molecule has 6 nitrogen and oxygen atoms in total. The minimum Gasteiger partial charge on any atom is -0.392 e. The van der Waals surface area contributed by atoms with Crippen molar-refractivity contribution in [1.29, 1.82) is 0 Å². The summed E-state index contributed by atoms with van der Waals surface area (Å²) in [4.78, 5) is 0. The van der Waals surface area contributed by atoms with Gasteiger partial charge in [-0.3, -0.25) is 0 Å². The minimum atomic E-state index is -1.81. The minimum absolute atomic E-state index is 0.0163. The summed E-state index contributed by atoms with van der Waals surface area (Å²) in [6, 6.07) is 0. The van der Waals surface area contributed by atoms with E-state index in [2.05, 4.69) is 0 Å². The topological polar surface area (TPSA) is 121 Å². The van der Waals surface area contributed by atoms with E-state index in [0.29, 0.717) is 19.3 Å². The molecule has 0 saturated heterocycles. The Morgan fingerprint density at radius 2 is 1.42 bits per heavy atom. The van der Waals surface area contributed by atoms with Gasteiger partial charge in [0.05, 0.1) is 23.4 Å². The fourth-order valence-corrected chi connectivity index (χ4v) is 7.68. The van der Waals surface area contributed by atoms with Crippen molar-refractivity contribution in [1.82, 2.24) is 0 Å². The zero-order valence-electron chi connectivity index (χ0n) is 16.2. The molecule has 0 aliphatic heterocycles. The van der Waals surface area contributed by atoms with Crippen molar-refractivity contribution < 1.29 is 30.6 Å². The molecule has 4 fully saturated rings. The lowest BCUT2D eigenvalue weighted by Crippen LogP contribution is -2.63. The Morgan fingerprint density at radius 3 is 2.04 bits per heavy atom. The average molecular weight is 370 g/mol. The first-order valence-electron chi connectivity index (χ1n) is 9.94. The summed E-state index contributed by atoms with van der Waals surface area (Å²) in [6.45, 7) is 6.83. The third-order valence-corrected chi connectivity index (χ3v) is 9.30. The summed E-state index contributed by atoms with van der Waals surface area (Å²) in [5.41, 5.74) is -6.05. The fraction of sp³-hybridized carbons (Fsp3) is 1.00. The molecule has 0 aromatic heterocycles. The molecule has 4 saturated carbocycles. The summed E-state index contributed by atoms with van der Waals surface area (Å²) in [6.07, 6.45) is -1.27. The first-order chi connectivity index (χ1) is 11.7. The van der Waals surface area contributed by atoms with E-state index >= 15 is 0 Å². The van der Waals surface area contributed by atoms with Gasteiger partial charge in [0.25, 0.3) is 0 Å². The van der Waals surface area contributed by atoms with Crippen LogP contribution in [0.25, 0.3) is 0 Å². The van der Waals surface area contributed by atoms with Crippen molar-refractivity contribution in [3.05, 3.63) is 0 Å². The zero-order valence-corrected chi connectivity index (χ0v) is 16.2. The zero-order chi connectivity index (χ0) is 19.5. The lowest BCUT2D eigenvalue weighted by molar-refractivity contribution is -0.216. The molecule has 0 heterocycles. The van der Waals surface area contributed by atoms with Crippen LogP contribution in [0.2, 0.25) is 0 Å². The van der Waals surface area contributed by atoms with Gasteiger partial charge in [-0.05, 0) is 57.8 Å². The second-order valence-electron chi connectivity index (χ2n) is 10.8. The van der Waals surface area contributed by atoms with Crippen LogP contribution in [0.15, 0.2) is 0 Å². The second-order valence-corrected chi connectivity index (χ2v) is 10.8. The highest BCUT2D eigenvalue weighted by molar-refractivity contribution is 5.26. The second kappa shape index (κ2) is 5.02. The molecular formula is C20H34O6. The van der Waals surface area contributed by atoms with Gasteiger partial charge in [0.15, 0.2) is 0 Å². The van der Waals surface area contributed by atoms with E-state index < -0.39 is 51.9 Å². The molecule has 4 aliphatic rings. The molecule has 6 heteroatoms. The predicted molar refractivity (Wildman–Crippen MR) is 94.0 cm³/mol. The van der Waals surface area contributed by atoms with Crippen LogP contribution >= 0.6 is 0 Å². The summed E-state index contributed by atoms with van der Waals surface area (Å²) < 4.78 is 0.